The van der Waals surface area contributed by atoms with E-state index in [1.165, 1.54) is 7.11 Å². The lowest BCUT2D eigenvalue weighted by atomic mass is 10.2. The number of para-hydroxylation sites is 1. The number of hydrazone groups is 1. The summed E-state index contributed by atoms with van der Waals surface area (Å²) < 4.78 is 5.15. The number of fused-ring (bicyclic) bond motifs is 1. The maximum atomic E-state index is 12.1. The molecular weight excluding hydrogens is 292 g/mol. The summed E-state index contributed by atoms with van der Waals surface area (Å²) in [4.78, 5) is 20.5. The zero-order chi connectivity index (χ0) is 16.1. The van der Waals surface area contributed by atoms with Gasteiger partial charge in [-0.1, -0.05) is 18.2 Å². The Hall–Kier alpha value is -3.28. The molecule has 3 rings (SSSR count). The fourth-order valence-electron chi connectivity index (χ4n) is 2.12. The van der Waals surface area contributed by atoms with E-state index in [1.54, 1.807) is 42.9 Å². The van der Waals surface area contributed by atoms with Crippen molar-refractivity contribution in [3.63, 3.8) is 0 Å². The Bertz CT molecular complexity index is 877. The molecule has 0 spiro atoms. The third-order valence-corrected chi connectivity index (χ3v) is 3.22. The zero-order valence-corrected chi connectivity index (χ0v) is 12.4. The fraction of sp³-hybridized carbons (Fsp3) is 0.0588. The standard InChI is InChI=1S/C17H14N4O2/c1-23-16-5-3-2-4-13(16)17(22)21-20-11-12-6-7-14-15(10-12)19-9-8-18-14/h2-11H,1H3,(H,21,22)/b20-11-. The maximum absolute atomic E-state index is 12.1. The van der Waals surface area contributed by atoms with Gasteiger partial charge in [-0.2, -0.15) is 5.10 Å². The number of amides is 1. The quantitative estimate of drug-likeness (QED) is 0.593. The highest BCUT2D eigenvalue weighted by Gasteiger charge is 2.09. The highest BCUT2D eigenvalue weighted by molar-refractivity contribution is 5.97. The average Bonchev–Trinajstić information content (AvgIpc) is 2.61. The number of ether oxygens (including phenoxy) is 1. The Morgan fingerprint density at radius 3 is 2.74 bits per heavy atom. The van der Waals surface area contributed by atoms with Crippen LogP contribution in [0.1, 0.15) is 15.9 Å². The first-order valence-electron chi connectivity index (χ1n) is 6.95. The second kappa shape index (κ2) is 6.65. The molecule has 3 aromatic rings. The molecule has 0 aliphatic carbocycles. The molecule has 6 heteroatoms. The number of hydrogen-bond donors (Lipinski definition) is 1. The van der Waals surface area contributed by atoms with Crippen LogP contribution in [0.4, 0.5) is 0 Å². The highest BCUT2D eigenvalue weighted by atomic mass is 16.5. The van der Waals surface area contributed by atoms with Crippen molar-refractivity contribution in [2.45, 2.75) is 0 Å². The molecule has 6 nitrogen and oxygen atoms in total. The van der Waals surface area contributed by atoms with E-state index in [-0.39, 0.29) is 5.91 Å². The van der Waals surface area contributed by atoms with E-state index in [9.17, 15) is 4.79 Å². The molecule has 1 N–H and O–H groups in total. The number of nitrogens with one attached hydrogen (secondary N) is 1. The van der Waals surface area contributed by atoms with Gasteiger partial charge in [0.1, 0.15) is 5.75 Å². The van der Waals surface area contributed by atoms with Crippen molar-refractivity contribution in [1.82, 2.24) is 15.4 Å². The molecule has 0 aliphatic heterocycles. The van der Waals surface area contributed by atoms with Crippen LogP contribution in [0, 0.1) is 0 Å². The van der Waals surface area contributed by atoms with Gasteiger partial charge in [0.25, 0.3) is 5.91 Å². The van der Waals surface area contributed by atoms with Gasteiger partial charge in [0.2, 0.25) is 0 Å². The maximum Gasteiger partial charge on any atom is 0.275 e. The summed E-state index contributed by atoms with van der Waals surface area (Å²) in [5, 5.41) is 3.97. The van der Waals surface area contributed by atoms with Crippen LogP contribution in [0.15, 0.2) is 60.0 Å². The van der Waals surface area contributed by atoms with Crippen molar-refractivity contribution in [3.8, 4) is 5.75 Å². The topological polar surface area (TPSA) is 76.5 Å². The van der Waals surface area contributed by atoms with Gasteiger partial charge in [0.05, 0.1) is 29.9 Å². The minimum Gasteiger partial charge on any atom is -0.496 e. The van der Waals surface area contributed by atoms with Crippen LogP contribution in [0.3, 0.4) is 0 Å². The first kappa shape index (κ1) is 14.6. The fourth-order valence-corrected chi connectivity index (χ4v) is 2.12. The molecule has 0 unspecified atom stereocenters. The van der Waals surface area contributed by atoms with Gasteiger partial charge >= 0.3 is 0 Å². The van der Waals surface area contributed by atoms with Crippen LogP contribution in [0.5, 0.6) is 5.75 Å². The molecule has 2 aromatic carbocycles. The van der Waals surface area contributed by atoms with Gasteiger partial charge in [0.15, 0.2) is 0 Å². The minimum absolute atomic E-state index is 0.334. The SMILES string of the molecule is COc1ccccc1C(=O)N/N=C\c1ccc2nccnc2c1. The van der Waals surface area contributed by atoms with Crippen LogP contribution in [0.2, 0.25) is 0 Å². The summed E-state index contributed by atoms with van der Waals surface area (Å²) in [6.07, 6.45) is 4.83. The number of nitrogens with zero attached hydrogens (tertiary/aromatic N) is 3. The van der Waals surface area contributed by atoms with E-state index < -0.39 is 0 Å². The van der Waals surface area contributed by atoms with Crippen molar-refractivity contribution in [3.05, 3.63) is 66.0 Å². The molecule has 0 aliphatic rings. The van der Waals surface area contributed by atoms with Crippen molar-refractivity contribution in [2.24, 2.45) is 5.10 Å². The monoisotopic (exact) mass is 306 g/mol. The predicted molar refractivity (Wildman–Crippen MR) is 87.6 cm³/mol. The van der Waals surface area contributed by atoms with Gasteiger partial charge in [-0.25, -0.2) is 5.43 Å². The summed E-state index contributed by atoms with van der Waals surface area (Å²) in [5.41, 5.74) is 5.31. The third kappa shape index (κ3) is 3.32. The largest absolute Gasteiger partial charge is 0.496 e. The van der Waals surface area contributed by atoms with E-state index in [0.717, 1.165) is 16.6 Å². The smallest absolute Gasteiger partial charge is 0.275 e. The van der Waals surface area contributed by atoms with Gasteiger partial charge in [0, 0.05) is 12.4 Å². The second-order valence-corrected chi connectivity index (χ2v) is 4.70. The molecule has 0 saturated carbocycles. The summed E-state index contributed by atoms with van der Waals surface area (Å²) in [6, 6.07) is 12.5. The summed E-state index contributed by atoms with van der Waals surface area (Å²) in [5.74, 6) is 0.167. The van der Waals surface area contributed by atoms with Gasteiger partial charge < -0.3 is 4.74 Å². The molecule has 0 bridgehead atoms. The molecule has 1 aromatic heterocycles. The van der Waals surface area contributed by atoms with Gasteiger partial charge in [-0.3, -0.25) is 14.8 Å². The Morgan fingerprint density at radius 2 is 1.91 bits per heavy atom. The highest BCUT2D eigenvalue weighted by Crippen LogP contribution is 2.16. The number of carbonyl (C=O) groups is 1. The number of carbonyl (C=O) groups excluding carboxylic acids is 1. The van der Waals surface area contributed by atoms with Crippen LogP contribution in [0.25, 0.3) is 11.0 Å². The summed E-state index contributed by atoms with van der Waals surface area (Å²) in [7, 11) is 1.52. The van der Waals surface area contributed by atoms with Gasteiger partial charge in [-0.05, 0) is 29.8 Å². The molecule has 0 atom stereocenters. The molecule has 0 saturated heterocycles. The van der Waals surface area contributed by atoms with Gasteiger partial charge in [-0.15, -0.1) is 0 Å². The van der Waals surface area contributed by atoms with Crippen molar-refractivity contribution in [2.75, 3.05) is 7.11 Å². The molecule has 114 valence electrons. The van der Waals surface area contributed by atoms with Crippen molar-refractivity contribution in [1.29, 1.82) is 0 Å². The van der Waals surface area contributed by atoms with Crippen LogP contribution < -0.4 is 10.2 Å². The van der Waals surface area contributed by atoms with E-state index in [4.69, 9.17) is 4.74 Å². The summed E-state index contributed by atoms with van der Waals surface area (Å²) >= 11 is 0. The molecule has 1 amide bonds. The van der Waals surface area contributed by atoms with E-state index in [1.807, 2.05) is 18.2 Å². The molecule has 0 radical (unpaired) electrons. The second-order valence-electron chi connectivity index (χ2n) is 4.70. The van der Waals surface area contributed by atoms with E-state index >= 15 is 0 Å². The number of methoxy groups -OCH3 is 1. The number of hydrogen-bond acceptors (Lipinski definition) is 5. The lowest BCUT2D eigenvalue weighted by Crippen LogP contribution is -2.18. The normalized spacial score (nSPS) is 10.8. The Labute approximate surface area is 132 Å². The van der Waals surface area contributed by atoms with E-state index in [0.29, 0.717) is 11.3 Å². The number of aromatic nitrogens is 2. The Morgan fingerprint density at radius 1 is 1.13 bits per heavy atom. The first-order valence-corrected chi connectivity index (χ1v) is 6.95. The number of benzene rings is 2. The average molecular weight is 306 g/mol. The summed E-state index contributed by atoms with van der Waals surface area (Å²) in [6.45, 7) is 0. The third-order valence-electron chi connectivity index (χ3n) is 3.22. The Kier molecular flexibility index (Phi) is 4.24. The van der Waals surface area contributed by atoms with Crippen molar-refractivity contribution < 1.29 is 9.53 Å². The van der Waals surface area contributed by atoms with Crippen LogP contribution in [-0.4, -0.2) is 29.2 Å². The molecular formula is C17H14N4O2. The zero-order valence-electron chi connectivity index (χ0n) is 12.4. The molecule has 23 heavy (non-hydrogen) atoms. The lowest BCUT2D eigenvalue weighted by molar-refractivity contribution is 0.0952. The predicted octanol–water partition coefficient (Wildman–Crippen LogP) is 2.40. The van der Waals surface area contributed by atoms with Crippen LogP contribution >= 0.6 is 0 Å². The number of rotatable bonds is 4. The molecule has 1 heterocycles. The van der Waals surface area contributed by atoms with Crippen LogP contribution in [-0.2, 0) is 0 Å². The Balaban J connectivity index is 1.73. The van der Waals surface area contributed by atoms with Crippen molar-refractivity contribution >= 4 is 23.2 Å². The molecule has 0 fully saturated rings. The lowest BCUT2D eigenvalue weighted by Gasteiger charge is -2.05. The minimum atomic E-state index is -0.334. The van der Waals surface area contributed by atoms with E-state index in [2.05, 4.69) is 20.5 Å². The first-order chi connectivity index (χ1) is 11.3.